The first kappa shape index (κ1) is 23.3. The number of amides is 2. The van der Waals surface area contributed by atoms with E-state index in [1.165, 1.54) is 28.0 Å². The summed E-state index contributed by atoms with van der Waals surface area (Å²) >= 11 is 0. The molecule has 9 nitrogen and oxygen atoms in total. The SMILES string of the molecule is Cc1cc(-c2ncc3cc(C(F)(F)F)ccc3n2)ccc1N1CCOc2cn(CC(N)=O)nc2C1=O. The predicted molar refractivity (Wildman–Crippen MR) is 123 cm³/mol. The molecule has 0 radical (unpaired) electrons. The zero-order valence-electron chi connectivity index (χ0n) is 18.9. The van der Waals surface area contributed by atoms with E-state index in [0.717, 1.165) is 17.7 Å². The Morgan fingerprint density at radius 1 is 1.19 bits per heavy atom. The topological polar surface area (TPSA) is 116 Å². The van der Waals surface area contributed by atoms with Gasteiger partial charge < -0.3 is 15.4 Å². The number of nitrogens with zero attached hydrogens (tertiary/aromatic N) is 5. The third-order valence-electron chi connectivity index (χ3n) is 5.72. The van der Waals surface area contributed by atoms with Crippen LogP contribution in [0.25, 0.3) is 22.3 Å². The maximum absolute atomic E-state index is 13.2. The van der Waals surface area contributed by atoms with Crippen LogP contribution >= 0.6 is 0 Å². The van der Waals surface area contributed by atoms with Gasteiger partial charge in [0, 0.05) is 22.8 Å². The Balaban J connectivity index is 1.44. The van der Waals surface area contributed by atoms with Crippen molar-refractivity contribution in [3.63, 3.8) is 0 Å². The minimum absolute atomic E-state index is 0.0771. The van der Waals surface area contributed by atoms with E-state index in [1.807, 2.05) is 6.92 Å². The van der Waals surface area contributed by atoms with Crippen LogP contribution in [-0.4, -0.2) is 44.7 Å². The molecular weight excluding hydrogens is 477 g/mol. The van der Waals surface area contributed by atoms with E-state index >= 15 is 0 Å². The fourth-order valence-corrected chi connectivity index (χ4v) is 4.05. The van der Waals surface area contributed by atoms with Crippen molar-refractivity contribution in [2.75, 3.05) is 18.1 Å². The Hall–Kier alpha value is -4.48. The van der Waals surface area contributed by atoms with E-state index in [2.05, 4.69) is 15.1 Å². The first-order valence-electron chi connectivity index (χ1n) is 10.9. The fraction of sp³-hybridized carbons (Fsp3) is 0.208. The molecule has 184 valence electrons. The summed E-state index contributed by atoms with van der Waals surface area (Å²) in [5.74, 6) is -0.365. The van der Waals surface area contributed by atoms with Gasteiger partial charge in [0.05, 0.1) is 23.8 Å². The number of rotatable bonds is 4. The van der Waals surface area contributed by atoms with Crippen LogP contribution in [0.5, 0.6) is 5.75 Å². The molecule has 5 rings (SSSR count). The smallest absolute Gasteiger partial charge is 0.416 e. The van der Waals surface area contributed by atoms with E-state index in [4.69, 9.17) is 10.5 Å². The molecule has 0 unspecified atom stereocenters. The quantitative estimate of drug-likeness (QED) is 0.463. The molecular formula is C24H19F3N6O3. The van der Waals surface area contributed by atoms with Gasteiger partial charge in [-0.2, -0.15) is 18.3 Å². The number of carbonyl (C=O) groups excluding carboxylic acids is 2. The second kappa shape index (κ2) is 8.63. The largest absolute Gasteiger partial charge is 0.488 e. The Bertz CT molecular complexity index is 1520. The van der Waals surface area contributed by atoms with Gasteiger partial charge in [-0.3, -0.25) is 14.3 Å². The van der Waals surface area contributed by atoms with Gasteiger partial charge in [-0.05, 0) is 48.9 Å². The van der Waals surface area contributed by atoms with E-state index in [9.17, 15) is 22.8 Å². The summed E-state index contributed by atoms with van der Waals surface area (Å²) in [6.45, 7) is 2.14. The molecule has 0 saturated carbocycles. The second-order valence-electron chi connectivity index (χ2n) is 8.28. The minimum atomic E-state index is -4.45. The van der Waals surface area contributed by atoms with Crippen molar-refractivity contribution in [3.05, 3.63) is 65.6 Å². The molecule has 0 spiro atoms. The number of aromatic nitrogens is 4. The van der Waals surface area contributed by atoms with Crippen molar-refractivity contribution in [2.45, 2.75) is 19.6 Å². The van der Waals surface area contributed by atoms with Gasteiger partial charge in [0.1, 0.15) is 13.2 Å². The van der Waals surface area contributed by atoms with Crippen molar-refractivity contribution < 1.29 is 27.5 Å². The minimum Gasteiger partial charge on any atom is -0.488 e. The summed E-state index contributed by atoms with van der Waals surface area (Å²) in [6.07, 6.45) is -1.63. The molecule has 1 aliphatic rings. The Labute approximate surface area is 202 Å². The molecule has 0 bridgehead atoms. The summed E-state index contributed by atoms with van der Waals surface area (Å²) in [5.41, 5.74) is 6.92. The number of anilines is 1. The van der Waals surface area contributed by atoms with Gasteiger partial charge in [0.2, 0.25) is 5.91 Å². The lowest BCUT2D eigenvalue weighted by Crippen LogP contribution is -2.33. The molecule has 36 heavy (non-hydrogen) atoms. The third-order valence-corrected chi connectivity index (χ3v) is 5.72. The van der Waals surface area contributed by atoms with Crippen molar-refractivity contribution in [1.82, 2.24) is 19.7 Å². The molecule has 4 aromatic rings. The Morgan fingerprint density at radius 2 is 2.00 bits per heavy atom. The summed E-state index contributed by atoms with van der Waals surface area (Å²) in [6, 6.07) is 8.59. The third kappa shape index (κ3) is 4.32. The van der Waals surface area contributed by atoms with Crippen LogP contribution in [0.2, 0.25) is 0 Å². The number of fused-ring (bicyclic) bond motifs is 2. The highest BCUT2D eigenvalue weighted by atomic mass is 19.4. The number of ether oxygens (including phenoxy) is 1. The number of nitrogens with two attached hydrogens (primary N) is 1. The van der Waals surface area contributed by atoms with E-state index in [-0.39, 0.29) is 42.4 Å². The maximum atomic E-state index is 13.2. The number of halogens is 3. The summed E-state index contributed by atoms with van der Waals surface area (Å²) in [4.78, 5) is 34.6. The standard InChI is InChI=1S/C24H19F3N6O3/c1-13-8-14(22-29-10-15-9-16(24(25,26)27)3-4-17(15)30-22)2-5-18(13)33-6-7-36-19-11-32(12-20(28)34)31-21(19)23(33)35/h2-5,8-11H,6-7,12H2,1H3,(H2,28,34). The number of hydrogen-bond donors (Lipinski definition) is 1. The first-order chi connectivity index (χ1) is 17.1. The van der Waals surface area contributed by atoms with Gasteiger partial charge in [-0.1, -0.05) is 0 Å². The Morgan fingerprint density at radius 3 is 2.72 bits per heavy atom. The molecule has 2 amide bonds. The lowest BCUT2D eigenvalue weighted by Gasteiger charge is -2.22. The molecule has 2 aromatic heterocycles. The van der Waals surface area contributed by atoms with E-state index in [1.54, 1.807) is 18.2 Å². The van der Waals surface area contributed by atoms with Crippen LogP contribution < -0.4 is 15.4 Å². The first-order valence-corrected chi connectivity index (χ1v) is 10.9. The van der Waals surface area contributed by atoms with Gasteiger partial charge in [-0.25, -0.2) is 9.97 Å². The van der Waals surface area contributed by atoms with E-state index < -0.39 is 17.6 Å². The molecule has 0 atom stereocenters. The number of benzene rings is 2. The van der Waals surface area contributed by atoms with Crippen molar-refractivity contribution in [3.8, 4) is 17.1 Å². The molecule has 2 N–H and O–H groups in total. The molecule has 3 heterocycles. The lowest BCUT2D eigenvalue weighted by molar-refractivity contribution is -0.137. The summed E-state index contributed by atoms with van der Waals surface area (Å²) in [5, 5.41) is 4.44. The van der Waals surface area contributed by atoms with Gasteiger partial charge in [0.25, 0.3) is 5.91 Å². The highest BCUT2D eigenvalue weighted by molar-refractivity contribution is 6.07. The Kier molecular flexibility index (Phi) is 5.58. The van der Waals surface area contributed by atoms with Gasteiger partial charge in [-0.15, -0.1) is 0 Å². The molecule has 12 heteroatoms. The average molecular weight is 496 g/mol. The molecule has 1 aliphatic heterocycles. The summed E-state index contributed by atoms with van der Waals surface area (Å²) in [7, 11) is 0. The lowest BCUT2D eigenvalue weighted by atomic mass is 10.1. The van der Waals surface area contributed by atoms with Crippen LogP contribution in [0.1, 0.15) is 21.6 Å². The van der Waals surface area contributed by atoms with Crippen LogP contribution in [0.15, 0.2) is 48.8 Å². The number of primary amides is 1. The number of hydrogen-bond acceptors (Lipinski definition) is 6. The predicted octanol–water partition coefficient (Wildman–Crippen LogP) is 3.35. The molecule has 0 fully saturated rings. The van der Waals surface area contributed by atoms with Gasteiger partial charge >= 0.3 is 6.18 Å². The van der Waals surface area contributed by atoms with Crippen molar-refractivity contribution in [2.24, 2.45) is 5.73 Å². The monoisotopic (exact) mass is 496 g/mol. The average Bonchev–Trinajstić information content (AvgIpc) is 3.15. The number of aryl methyl sites for hydroxylation is 1. The van der Waals surface area contributed by atoms with Crippen LogP contribution in [0.3, 0.4) is 0 Å². The molecule has 2 aromatic carbocycles. The number of carbonyl (C=O) groups is 2. The zero-order valence-corrected chi connectivity index (χ0v) is 18.9. The van der Waals surface area contributed by atoms with Crippen LogP contribution in [-0.2, 0) is 17.5 Å². The molecule has 0 saturated heterocycles. The normalized spacial score (nSPS) is 13.9. The fourth-order valence-electron chi connectivity index (χ4n) is 4.05. The van der Waals surface area contributed by atoms with Crippen molar-refractivity contribution in [1.29, 1.82) is 0 Å². The second-order valence-corrected chi connectivity index (χ2v) is 8.28. The van der Waals surface area contributed by atoms with Crippen LogP contribution in [0.4, 0.5) is 18.9 Å². The van der Waals surface area contributed by atoms with Crippen molar-refractivity contribution >= 4 is 28.4 Å². The molecule has 0 aliphatic carbocycles. The summed E-state index contributed by atoms with van der Waals surface area (Å²) < 4.78 is 45.9. The zero-order chi connectivity index (χ0) is 25.6. The number of alkyl halides is 3. The highest BCUT2D eigenvalue weighted by Crippen LogP contribution is 2.33. The highest BCUT2D eigenvalue weighted by Gasteiger charge is 2.31. The maximum Gasteiger partial charge on any atom is 0.416 e. The van der Waals surface area contributed by atoms with E-state index in [0.29, 0.717) is 22.6 Å². The van der Waals surface area contributed by atoms with Crippen LogP contribution in [0, 0.1) is 6.92 Å². The van der Waals surface area contributed by atoms with Gasteiger partial charge in [0.15, 0.2) is 17.3 Å².